The first-order chi connectivity index (χ1) is 8.24. The second-order valence-corrected chi connectivity index (χ2v) is 5.32. The molecule has 0 bridgehead atoms. The Morgan fingerprint density at radius 1 is 1.53 bits per heavy atom. The van der Waals surface area contributed by atoms with Crippen molar-refractivity contribution in [1.82, 2.24) is 15.5 Å². The predicted octanol–water partition coefficient (Wildman–Crippen LogP) is 1.64. The molecule has 2 amide bonds. The third-order valence-electron chi connectivity index (χ3n) is 3.09. The molecule has 2 rings (SSSR count). The molecule has 1 saturated heterocycles. The Balaban J connectivity index is 1.67. The molecule has 0 atom stereocenters. The van der Waals surface area contributed by atoms with E-state index in [0.717, 1.165) is 31.5 Å². The van der Waals surface area contributed by atoms with Crippen molar-refractivity contribution in [2.75, 3.05) is 20.1 Å². The molecule has 0 unspecified atom stereocenters. The fraction of sp³-hybridized carbons (Fsp3) is 0.583. The molecule has 1 aliphatic rings. The molecule has 1 fully saturated rings. The van der Waals surface area contributed by atoms with E-state index >= 15 is 0 Å². The number of rotatable bonds is 3. The highest BCUT2D eigenvalue weighted by Crippen LogP contribution is 2.08. The van der Waals surface area contributed by atoms with E-state index in [1.165, 1.54) is 0 Å². The molecule has 1 aromatic heterocycles. The van der Waals surface area contributed by atoms with Gasteiger partial charge in [-0.05, 0) is 55.4 Å². The van der Waals surface area contributed by atoms with Crippen LogP contribution in [0.25, 0.3) is 0 Å². The van der Waals surface area contributed by atoms with Crippen LogP contribution in [0.2, 0.25) is 0 Å². The molecular formula is C12H19N3OS. The van der Waals surface area contributed by atoms with E-state index in [1.54, 1.807) is 11.3 Å². The van der Waals surface area contributed by atoms with Crippen molar-refractivity contribution in [3.63, 3.8) is 0 Å². The van der Waals surface area contributed by atoms with Crippen LogP contribution in [0.1, 0.15) is 18.4 Å². The Bertz CT molecular complexity index is 345. The van der Waals surface area contributed by atoms with Crippen molar-refractivity contribution in [3.8, 4) is 0 Å². The lowest BCUT2D eigenvalue weighted by molar-refractivity contribution is 0.213. The number of nitrogens with zero attached hydrogens (tertiary/aromatic N) is 1. The van der Waals surface area contributed by atoms with E-state index in [0.29, 0.717) is 12.6 Å². The van der Waals surface area contributed by atoms with Crippen LogP contribution in [0.4, 0.5) is 4.79 Å². The number of piperidine rings is 1. The minimum atomic E-state index is -0.0502. The maximum Gasteiger partial charge on any atom is 0.315 e. The van der Waals surface area contributed by atoms with Gasteiger partial charge in [-0.2, -0.15) is 11.3 Å². The van der Waals surface area contributed by atoms with E-state index in [4.69, 9.17) is 0 Å². The second kappa shape index (κ2) is 6.02. The van der Waals surface area contributed by atoms with Gasteiger partial charge in [-0.15, -0.1) is 0 Å². The second-order valence-electron chi connectivity index (χ2n) is 4.54. The SMILES string of the molecule is CN1CCC(NC(=O)NCc2ccsc2)CC1. The molecule has 1 aromatic rings. The van der Waals surface area contributed by atoms with Gasteiger partial charge in [0.15, 0.2) is 0 Å². The van der Waals surface area contributed by atoms with Gasteiger partial charge in [-0.25, -0.2) is 4.79 Å². The highest BCUT2D eigenvalue weighted by molar-refractivity contribution is 7.07. The molecule has 2 heterocycles. The lowest BCUT2D eigenvalue weighted by atomic mass is 10.1. The highest BCUT2D eigenvalue weighted by Gasteiger charge is 2.17. The zero-order valence-corrected chi connectivity index (χ0v) is 10.9. The molecule has 4 nitrogen and oxygen atoms in total. The van der Waals surface area contributed by atoms with E-state index in [9.17, 15) is 4.79 Å². The Morgan fingerprint density at radius 2 is 2.29 bits per heavy atom. The number of urea groups is 1. The molecule has 17 heavy (non-hydrogen) atoms. The maximum atomic E-state index is 11.7. The lowest BCUT2D eigenvalue weighted by Gasteiger charge is -2.29. The van der Waals surface area contributed by atoms with Crippen LogP contribution >= 0.6 is 11.3 Å². The number of likely N-dealkylation sites (tertiary alicyclic amines) is 1. The van der Waals surface area contributed by atoms with Crippen LogP contribution in [0.5, 0.6) is 0 Å². The summed E-state index contributed by atoms with van der Waals surface area (Å²) in [5, 5.41) is 9.99. The van der Waals surface area contributed by atoms with Crippen molar-refractivity contribution in [1.29, 1.82) is 0 Å². The van der Waals surface area contributed by atoms with Crippen LogP contribution in [-0.2, 0) is 6.54 Å². The molecule has 0 aromatic carbocycles. The smallest absolute Gasteiger partial charge is 0.315 e. The Morgan fingerprint density at radius 3 is 2.94 bits per heavy atom. The minimum Gasteiger partial charge on any atom is -0.335 e. The van der Waals surface area contributed by atoms with Gasteiger partial charge in [0, 0.05) is 12.6 Å². The molecular weight excluding hydrogens is 234 g/mol. The number of nitrogens with one attached hydrogen (secondary N) is 2. The molecule has 2 N–H and O–H groups in total. The topological polar surface area (TPSA) is 44.4 Å². The van der Waals surface area contributed by atoms with Crippen LogP contribution in [0.3, 0.4) is 0 Å². The summed E-state index contributed by atoms with van der Waals surface area (Å²) in [5.74, 6) is 0. The van der Waals surface area contributed by atoms with Crippen molar-refractivity contribution in [3.05, 3.63) is 22.4 Å². The van der Waals surface area contributed by atoms with Gasteiger partial charge in [0.05, 0.1) is 0 Å². The van der Waals surface area contributed by atoms with Gasteiger partial charge in [-0.3, -0.25) is 0 Å². The van der Waals surface area contributed by atoms with Gasteiger partial charge in [0.1, 0.15) is 0 Å². The first-order valence-electron chi connectivity index (χ1n) is 5.98. The number of hydrogen-bond donors (Lipinski definition) is 2. The number of hydrogen-bond acceptors (Lipinski definition) is 3. The van der Waals surface area contributed by atoms with Gasteiger partial charge in [-0.1, -0.05) is 0 Å². The Labute approximate surface area is 106 Å². The fourth-order valence-electron chi connectivity index (χ4n) is 1.96. The van der Waals surface area contributed by atoms with Crippen molar-refractivity contribution in [2.45, 2.75) is 25.4 Å². The average Bonchev–Trinajstić information content (AvgIpc) is 2.83. The van der Waals surface area contributed by atoms with Gasteiger partial charge in [0.25, 0.3) is 0 Å². The molecule has 0 aliphatic carbocycles. The molecule has 5 heteroatoms. The number of carbonyl (C=O) groups excluding carboxylic acids is 1. The first kappa shape index (κ1) is 12.4. The van der Waals surface area contributed by atoms with Gasteiger partial charge < -0.3 is 15.5 Å². The van der Waals surface area contributed by atoms with Crippen LogP contribution in [0.15, 0.2) is 16.8 Å². The molecule has 94 valence electrons. The summed E-state index contributed by atoms with van der Waals surface area (Å²) in [6, 6.07) is 2.31. The number of thiophene rings is 1. The van der Waals surface area contributed by atoms with Gasteiger partial charge in [0.2, 0.25) is 0 Å². The normalized spacial score (nSPS) is 17.9. The number of carbonyl (C=O) groups is 1. The third-order valence-corrected chi connectivity index (χ3v) is 3.82. The average molecular weight is 253 g/mol. The monoisotopic (exact) mass is 253 g/mol. The van der Waals surface area contributed by atoms with E-state index in [1.807, 2.05) is 11.4 Å². The van der Waals surface area contributed by atoms with Crippen molar-refractivity contribution >= 4 is 17.4 Å². The van der Waals surface area contributed by atoms with E-state index < -0.39 is 0 Å². The van der Waals surface area contributed by atoms with Gasteiger partial charge >= 0.3 is 6.03 Å². The zero-order valence-electron chi connectivity index (χ0n) is 10.1. The third kappa shape index (κ3) is 4.02. The lowest BCUT2D eigenvalue weighted by Crippen LogP contribution is -2.46. The van der Waals surface area contributed by atoms with Crippen molar-refractivity contribution < 1.29 is 4.79 Å². The summed E-state index contributed by atoms with van der Waals surface area (Å²) >= 11 is 1.65. The summed E-state index contributed by atoms with van der Waals surface area (Å²) in [6.45, 7) is 2.74. The van der Waals surface area contributed by atoms with Crippen LogP contribution in [0, 0.1) is 0 Å². The van der Waals surface area contributed by atoms with E-state index in [-0.39, 0.29) is 6.03 Å². The quantitative estimate of drug-likeness (QED) is 0.860. The summed E-state index contributed by atoms with van der Waals surface area (Å²) in [5.41, 5.74) is 1.16. The summed E-state index contributed by atoms with van der Waals surface area (Å²) in [4.78, 5) is 13.9. The predicted molar refractivity (Wildman–Crippen MR) is 70.2 cm³/mol. The molecule has 0 spiro atoms. The fourth-order valence-corrected chi connectivity index (χ4v) is 2.63. The van der Waals surface area contributed by atoms with Crippen LogP contribution in [-0.4, -0.2) is 37.1 Å². The maximum absolute atomic E-state index is 11.7. The van der Waals surface area contributed by atoms with Crippen molar-refractivity contribution in [2.24, 2.45) is 0 Å². The summed E-state index contributed by atoms with van der Waals surface area (Å²) in [7, 11) is 2.12. The standard InChI is InChI=1S/C12H19N3OS/c1-15-5-2-11(3-6-15)14-12(16)13-8-10-4-7-17-9-10/h4,7,9,11H,2-3,5-6,8H2,1H3,(H2,13,14,16). The highest BCUT2D eigenvalue weighted by atomic mass is 32.1. The Hall–Kier alpha value is -1.07. The summed E-state index contributed by atoms with van der Waals surface area (Å²) in [6.07, 6.45) is 2.09. The van der Waals surface area contributed by atoms with Crippen LogP contribution < -0.4 is 10.6 Å². The molecule has 1 aliphatic heterocycles. The molecule has 0 saturated carbocycles. The molecule has 0 radical (unpaired) electrons. The zero-order chi connectivity index (χ0) is 12.1. The minimum absolute atomic E-state index is 0.0502. The summed E-state index contributed by atoms with van der Waals surface area (Å²) < 4.78 is 0. The number of amides is 2. The Kier molecular flexibility index (Phi) is 4.39. The van der Waals surface area contributed by atoms with E-state index in [2.05, 4.69) is 28.0 Å². The largest absolute Gasteiger partial charge is 0.335 e. The first-order valence-corrected chi connectivity index (χ1v) is 6.92.